The molecule has 4 heteroatoms. The number of ketones is 1. The molecule has 0 saturated heterocycles. The Hall–Kier alpha value is -1.03. The lowest BCUT2D eigenvalue weighted by Crippen LogP contribution is -1.93. The van der Waals surface area contributed by atoms with Crippen molar-refractivity contribution in [1.29, 1.82) is 0 Å². The first-order valence-electron chi connectivity index (χ1n) is 5.81. The van der Waals surface area contributed by atoms with Crippen LogP contribution in [0.15, 0.2) is 59.5 Å². The molecule has 2 rings (SSSR count). The minimum absolute atomic E-state index is 0. The first kappa shape index (κ1) is 17.0. The fraction of sp³-hybridized carbons (Fsp3) is 0.0625. The zero-order valence-corrected chi connectivity index (χ0v) is 14.2. The van der Waals surface area contributed by atoms with Crippen LogP contribution in [0.5, 0.6) is 0 Å². The molecule has 0 atom stereocenters. The van der Waals surface area contributed by atoms with Gasteiger partial charge in [-0.1, -0.05) is 29.8 Å². The zero-order valence-electron chi connectivity index (χ0n) is 10.9. The van der Waals surface area contributed by atoms with Gasteiger partial charge in [0.2, 0.25) is 0 Å². The monoisotopic (exact) mass is 368 g/mol. The molecule has 0 bridgehead atoms. The molecule has 0 aliphatic carbocycles. The van der Waals surface area contributed by atoms with E-state index >= 15 is 0 Å². The molecule has 20 heavy (non-hydrogen) atoms. The summed E-state index contributed by atoms with van der Waals surface area (Å²) in [6, 6.07) is 15.0. The fourth-order valence-corrected chi connectivity index (χ4v) is 2.13. The zero-order chi connectivity index (χ0) is 13.7. The van der Waals surface area contributed by atoms with Crippen molar-refractivity contribution in [3.8, 4) is 0 Å². The number of halogens is 2. The first-order chi connectivity index (χ1) is 9.19. The van der Waals surface area contributed by atoms with Crippen molar-refractivity contribution < 1.29 is 4.79 Å². The highest BCUT2D eigenvalue weighted by Crippen LogP contribution is 2.16. The molecule has 2 aromatic carbocycles. The molecule has 0 aliphatic heterocycles. The van der Waals surface area contributed by atoms with E-state index in [4.69, 9.17) is 11.6 Å². The summed E-state index contributed by atoms with van der Waals surface area (Å²) in [4.78, 5) is 13.1. The molecule has 0 aromatic heterocycles. The standard InChI is InChI=1S/C16H13ClOS.BrH/c1-19-15-9-5-13(6-10-15)16(18)11-4-12-2-7-14(17)8-3-12;/h2-11H,1H3;1H. The van der Waals surface area contributed by atoms with Gasteiger partial charge in [0.25, 0.3) is 0 Å². The smallest absolute Gasteiger partial charge is 0.185 e. The summed E-state index contributed by atoms with van der Waals surface area (Å²) in [5.74, 6) is 0.00241. The number of hydrogen-bond acceptors (Lipinski definition) is 2. The lowest BCUT2D eigenvalue weighted by Gasteiger charge is -1.98. The van der Waals surface area contributed by atoms with Crippen LogP contribution in [0.25, 0.3) is 6.08 Å². The van der Waals surface area contributed by atoms with Gasteiger partial charge in [0.05, 0.1) is 0 Å². The van der Waals surface area contributed by atoms with Crippen molar-refractivity contribution in [3.05, 3.63) is 70.8 Å². The molecule has 0 radical (unpaired) electrons. The minimum Gasteiger partial charge on any atom is -0.289 e. The lowest BCUT2D eigenvalue weighted by atomic mass is 10.1. The van der Waals surface area contributed by atoms with E-state index in [9.17, 15) is 4.79 Å². The summed E-state index contributed by atoms with van der Waals surface area (Å²) in [6.07, 6.45) is 5.38. The first-order valence-corrected chi connectivity index (χ1v) is 7.41. The Bertz CT molecular complexity index is 591. The van der Waals surface area contributed by atoms with Gasteiger partial charge in [0.15, 0.2) is 5.78 Å². The molecule has 104 valence electrons. The summed E-state index contributed by atoms with van der Waals surface area (Å²) in [5.41, 5.74) is 1.65. The van der Waals surface area contributed by atoms with E-state index in [-0.39, 0.29) is 22.8 Å². The van der Waals surface area contributed by atoms with E-state index in [1.807, 2.05) is 42.7 Å². The van der Waals surface area contributed by atoms with Crippen LogP contribution in [0.1, 0.15) is 15.9 Å². The average Bonchev–Trinajstić information content (AvgIpc) is 2.46. The Morgan fingerprint density at radius 2 is 1.65 bits per heavy atom. The Morgan fingerprint density at radius 1 is 1.05 bits per heavy atom. The van der Waals surface area contributed by atoms with E-state index in [1.165, 1.54) is 0 Å². The van der Waals surface area contributed by atoms with E-state index in [2.05, 4.69) is 0 Å². The van der Waals surface area contributed by atoms with Gasteiger partial charge in [0, 0.05) is 15.5 Å². The van der Waals surface area contributed by atoms with Crippen LogP contribution in [0.4, 0.5) is 0 Å². The molecule has 0 heterocycles. The van der Waals surface area contributed by atoms with Gasteiger partial charge >= 0.3 is 0 Å². The third kappa shape index (κ3) is 4.82. The molecule has 0 unspecified atom stereocenters. The second-order valence-corrected chi connectivity index (χ2v) is 5.29. The van der Waals surface area contributed by atoms with E-state index in [0.717, 1.165) is 10.5 Å². The number of rotatable bonds is 4. The van der Waals surface area contributed by atoms with Gasteiger partial charge < -0.3 is 0 Å². The predicted octanol–water partition coefficient (Wildman–Crippen LogP) is 5.54. The van der Waals surface area contributed by atoms with Crippen LogP contribution in [0.3, 0.4) is 0 Å². The summed E-state index contributed by atoms with van der Waals surface area (Å²) < 4.78 is 0. The summed E-state index contributed by atoms with van der Waals surface area (Å²) in [6.45, 7) is 0. The molecule has 0 fully saturated rings. The predicted molar refractivity (Wildman–Crippen MR) is 93.4 cm³/mol. The van der Waals surface area contributed by atoms with Crippen LogP contribution >= 0.6 is 40.3 Å². The molecule has 0 saturated carbocycles. The van der Waals surface area contributed by atoms with Crippen LogP contribution in [0.2, 0.25) is 5.02 Å². The van der Waals surface area contributed by atoms with Crippen molar-refractivity contribution in [1.82, 2.24) is 0 Å². The van der Waals surface area contributed by atoms with Crippen molar-refractivity contribution in [2.45, 2.75) is 4.90 Å². The van der Waals surface area contributed by atoms with Gasteiger partial charge in [-0.2, -0.15) is 0 Å². The maximum Gasteiger partial charge on any atom is 0.185 e. The van der Waals surface area contributed by atoms with Gasteiger partial charge in [-0.15, -0.1) is 28.7 Å². The highest BCUT2D eigenvalue weighted by atomic mass is 79.9. The highest BCUT2D eigenvalue weighted by Gasteiger charge is 2.01. The van der Waals surface area contributed by atoms with E-state index in [1.54, 1.807) is 36.0 Å². The number of hydrogen-bond donors (Lipinski definition) is 0. The summed E-state index contributed by atoms with van der Waals surface area (Å²) in [7, 11) is 0. The lowest BCUT2D eigenvalue weighted by molar-refractivity contribution is 0.104. The quantitative estimate of drug-likeness (QED) is 0.400. The Labute approximate surface area is 138 Å². The van der Waals surface area contributed by atoms with E-state index < -0.39 is 0 Å². The SMILES string of the molecule is Br.CSc1ccc(C(=O)C=Cc2ccc(Cl)cc2)cc1. The third-order valence-corrected chi connectivity index (χ3v) is 3.67. The molecule has 0 amide bonds. The highest BCUT2D eigenvalue weighted by molar-refractivity contribution is 8.93. The number of benzene rings is 2. The topological polar surface area (TPSA) is 17.1 Å². The molecular formula is C16H14BrClOS. The maximum absolute atomic E-state index is 12.0. The molecule has 0 N–H and O–H groups in total. The third-order valence-electron chi connectivity index (χ3n) is 2.67. The molecule has 1 nitrogen and oxygen atoms in total. The normalized spacial score (nSPS) is 10.3. The van der Waals surface area contributed by atoms with Crippen LogP contribution in [0, 0.1) is 0 Å². The summed E-state index contributed by atoms with van der Waals surface area (Å²) >= 11 is 7.46. The van der Waals surface area contributed by atoms with Crippen molar-refractivity contribution in [2.75, 3.05) is 6.26 Å². The number of carbonyl (C=O) groups is 1. The maximum atomic E-state index is 12.0. The number of carbonyl (C=O) groups excluding carboxylic acids is 1. The Balaban J connectivity index is 0.00000200. The number of thioether (sulfide) groups is 1. The van der Waals surface area contributed by atoms with Crippen LogP contribution in [-0.2, 0) is 0 Å². The van der Waals surface area contributed by atoms with Gasteiger partial charge in [-0.3, -0.25) is 4.79 Å². The Morgan fingerprint density at radius 3 is 2.20 bits per heavy atom. The second-order valence-electron chi connectivity index (χ2n) is 3.98. The van der Waals surface area contributed by atoms with Crippen LogP contribution in [-0.4, -0.2) is 12.0 Å². The molecular weight excluding hydrogens is 356 g/mol. The largest absolute Gasteiger partial charge is 0.289 e. The average molecular weight is 370 g/mol. The van der Waals surface area contributed by atoms with E-state index in [0.29, 0.717) is 10.6 Å². The summed E-state index contributed by atoms with van der Waals surface area (Å²) in [5, 5.41) is 0.691. The molecule has 2 aromatic rings. The van der Waals surface area contributed by atoms with Gasteiger partial charge in [0.1, 0.15) is 0 Å². The van der Waals surface area contributed by atoms with Gasteiger partial charge in [-0.25, -0.2) is 0 Å². The Kier molecular flexibility index (Phi) is 7.06. The molecule has 0 aliphatic rings. The van der Waals surface area contributed by atoms with Gasteiger partial charge in [-0.05, 0) is 54.3 Å². The van der Waals surface area contributed by atoms with Crippen LogP contribution < -0.4 is 0 Å². The van der Waals surface area contributed by atoms with Crippen molar-refractivity contribution in [2.24, 2.45) is 0 Å². The second kappa shape index (κ2) is 8.30. The molecule has 0 spiro atoms. The fourth-order valence-electron chi connectivity index (χ4n) is 1.60. The van der Waals surface area contributed by atoms with Crippen molar-refractivity contribution >= 4 is 52.2 Å². The van der Waals surface area contributed by atoms with Crippen molar-refractivity contribution in [3.63, 3.8) is 0 Å². The minimum atomic E-state index is 0. The number of allylic oxidation sites excluding steroid dienone is 1.